The van der Waals surface area contributed by atoms with E-state index >= 15 is 0 Å². The molecular weight excluding hydrogens is 290 g/mol. The van der Waals surface area contributed by atoms with Crippen LogP contribution in [0.2, 0.25) is 0 Å². The Bertz CT molecular complexity index is 756. The minimum atomic E-state index is -0.960. The fourth-order valence-corrected chi connectivity index (χ4v) is 3.33. The molecule has 0 aromatic heterocycles. The highest BCUT2D eigenvalue weighted by Crippen LogP contribution is 2.67. The molecule has 5 heteroatoms. The fourth-order valence-electron chi connectivity index (χ4n) is 3.33. The first-order chi connectivity index (χ1) is 11.2. The van der Waals surface area contributed by atoms with Crippen molar-refractivity contribution in [1.82, 2.24) is 0 Å². The van der Waals surface area contributed by atoms with Crippen LogP contribution in [0.4, 0.5) is 0 Å². The molecule has 23 heavy (non-hydrogen) atoms. The average Bonchev–Trinajstić information content (AvgIpc) is 3.28. The molecule has 0 heterocycles. The molecule has 0 saturated heterocycles. The number of hydrogen-bond donors (Lipinski definition) is 0. The number of rotatable bonds is 5. The second kappa shape index (κ2) is 5.78. The number of benzene rings is 2. The number of carbonyl (C=O) groups is 1. The van der Waals surface area contributed by atoms with Gasteiger partial charge in [0.15, 0.2) is 0 Å². The van der Waals surface area contributed by atoms with Gasteiger partial charge in [-0.25, -0.2) is 0 Å². The molecule has 1 aliphatic carbocycles. The molecule has 0 bridgehead atoms. The van der Waals surface area contributed by atoms with Crippen molar-refractivity contribution in [3.8, 4) is 0 Å². The first kappa shape index (κ1) is 15.1. The van der Waals surface area contributed by atoms with Gasteiger partial charge >= 0.3 is 5.97 Å². The quantitative estimate of drug-likeness (QED) is 0.361. The summed E-state index contributed by atoms with van der Waals surface area (Å²) in [5.41, 5.74) is 8.85. The zero-order valence-corrected chi connectivity index (χ0v) is 12.8. The highest BCUT2D eigenvalue weighted by Gasteiger charge is 2.74. The predicted octanol–water partition coefficient (Wildman–Crippen LogP) is 4.10. The van der Waals surface area contributed by atoms with Crippen LogP contribution in [-0.2, 0) is 20.5 Å². The number of carbonyl (C=O) groups excluding carboxylic acids is 1. The van der Waals surface area contributed by atoms with Crippen LogP contribution >= 0.6 is 0 Å². The first-order valence-electron chi connectivity index (χ1n) is 7.56. The van der Waals surface area contributed by atoms with E-state index in [2.05, 4.69) is 10.0 Å². The van der Waals surface area contributed by atoms with E-state index in [9.17, 15) is 4.79 Å². The van der Waals surface area contributed by atoms with Crippen LogP contribution in [0, 0.1) is 0 Å². The number of hydrogen-bond acceptors (Lipinski definition) is 3. The molecule has 0 N–H and O–H groups in total. The van der Waals surface area contributed by atoms with Gasteiger partial charge in [0, 0.05) is 4.91 Å². The van der Waals surface area contributed by atoms with Crippen molar-refractivity contribution in [2.24, 2.45) is 5.11 Å². The predicted molar refractivity (Wildman–Crippen MR) is 86.6 cm³/mol. The molecule has 1 fully saturated rings. The smallest absolute Gasteiger partial charge is 0.317 e. The highest BCUT2D eigenvalue weighted by molar-refractivity contribution is 5.91. The van der Waals surface area contributed by atoms with Gasteiger partial charge in [0.2, 0.25) is 0 Å². The Morgan fingerprint density at radius 1 is 1.13 bits per heavy atom. The molecule has 2 aromatic rings. The Labute approximate surface area is 134 Å². The molecule has 1 aliphatic rings. The SMILES string of the molecule is CCOC(=O)[C@]1(c2ccccc2)C[C@@]1(N=[N+]=[N-])c1ccccc1. The molecule has 0 radical (unpaired) electrons. The molecule has 1 saturated carbocycles. The van der Waals surface area contributed by atoms with Crippen LogP contribution in [0.15, 0.2) is 65.8 Å². The normalized spacial score (nSPS) is 25.3. The van der Waals surface area contributed by atoms with Gasteiger partial charge in [0.1, 0.15) is 5.41 Å². The van der Waals surface area contributed by atoms with E-state index in [-0.39, 0.29) is 12.6 Å². The maximum absolute atomic E-state index is 12.8. The van der Waals surface area contributed by atoms with E-state index in [1.54, 1.807) is 6.92 Å². The Balaban J connectivity index is 2.19. The molecule has 0 aliphatic heterocycles. The van der Waals surface area contributed by atoms with Gasteiger partial charge in [-0.1, -0.05) is 65.8 Å². The van der Waals surface area contributed by atoms with Gasteiger partial charge in [-0.05, 0) is 30.0 Å². The minimum Gasteiger partial charge on any atom is -0.465 e. The third-order valence-corrected chi connectivity index (χ3v) is 4.46. The van der Waals surface area contributed by atoms with Gasteiger partial charge < -0.3 is 4.74 Å². The van der Waals surface area contributed by atoms with Crippen LogP contribution in [-0.4, -0.2) is 12.6 Å². The van der Waals surface area contributed by atoms with Gasteiger partial charge in [-0.15, -0.1) is 0 Å². The lowest BCUT2D eigenvalue weighted by Crippen LogP contribution is -2.31. The maximum Gasteiger partial charge on any atom is 0.317 e. The first-order valence-corrected chi connectivity index (χ1v) is 7.56. The van der Waals surface area contributed by atoms with Crippen molar-refractivity contribution in [2.45, 2.75) is 24.3 Å². The number of ether oxygens (including phenoxy) is 1. The van der Waals surface area contributed by atoms with Crippen molar-refractivity contribution >= 4 is 5.97 Å². The van der Waals surface area contributed by atoms with E-state index in [1.165, 1.54) is 0 Å². The molecule has 3 rings (SSSR count). The van der Waals surface area contributed by atoms with Crippen LogP contribution < -0.4 is 0 Å². The zero-order chi connectivity index (χ0) is 16.3. The van der Waals surface area contributed by atoms with E-state index in [0.717, 1.165) is 11.1 Å². The van der Waals surface area contributed by atoms with E-state index in [1.807, 2.05) is 60.7 Å². The largest absolute Gasteiger partial charge is 0.465 e. The van der Waals surface area contributed by atoms with Crippen molar-refractivity contribution in [3.05, 3.63) is 82.2 Å². The molecule has 5 nitrogen and oxygen atoms in total. The summed E-state index contributed by atoms with van der Waals surface area (Å²) in [5, 5.41) is 4.05. The Kier molecular flexibility index (Phi) is 3.80. The number of nitrogens with zero attached hydrogens (tertiary/aromatic N) is 3. The van der Waals surface area contributed by atoms with Crippen molar-refractivity contribution in [2.75, 3.05) is 6.61 Å². The second-order valence-corrected chi connectivity index (χ2v) is 5.58. The van der Waals surface area contributed by atoms with Gasteiger partial charge in [-0.3, -0.25) is 4.79 Å². The van der Waals surface area contributed by atoms with E-state index < -0.39 is 11.0 Å². The Morgan fingerprint density at radius 2 is 1.70 bits per heavy atom. The van der Waals surface area contributed by atoms with Gasteiger partial charge in [0.25, 0.3) is 0 Å². The van der Waals surface area contributed by atoms with E-state index in [0.29, 0.717) is 6.42 Å². The summed E-state index contributed by atoms with van der Waals surface area (Å²) in [6.07, 6.45) is 0.414. The molecule has 2 aromatic carbocycles. The van der Waals surface area contributed by atoms with Crippen molar-refractivity contribution < 1.29 is 9.53 Å². The molecule has 116 valence electrons. The van der Waals surface area contributed by atoms with Crippen LogP contribution in [0.5, 0.6) is 0 Å². The lowest BCUT2D eigenvalue weighted by molar-refractivity contribution is -0.146. The van der Waals surface area contributed by atoms with Gasteiger partial charge in [0.05, 0.1) is 12.1 Å². The lowest BCUT2D eigenvalue weighted by atomic mass is 9.87. The van der Waals surface area contributed by atoms with Gasteiger partial charge in [-0.2, -0.15) is 0 Å². The maximum atomic E-state index is 12.8. The topological polar surface area (TPSA) is 75.1 Å². The molecule has 2 atom stereocenters. The summed E-state index contributed by atoms with van der Waals surface area (Å²) in [7, 11) is 0. The summed E-state index contributed by atoms with van der Waals surface area (Å²) in [6, 6.07) is 18.8. The molecular formula is C18H17N3O2. The number of esters is 1. The second-order valence-electron chi connectivity index (χ2n) is 5.58. The molecule has 0 spiro atoms. The zero-order valence-electron chi connectivity index (χ0n) is 12.8. The van der Waals surface area contributed by atoms with Crippen molar-refractivity contribution in [3.63, 3.8) is 0 Å². The molecule has 0 amide bonds. The average molecular weight is 307 g/mol. The standard InChI is InChI=1S/C18H17N3O2/c1-2-23-16(22)17(14-9-5-3-6-10-14)13-18(17,20-21-19)15-11-7-4-8-12-15/h3-12H,2,13H2,1H3/t17-,18-/m1/s1. The summed E-state index contributed by atoms with van der Waals surface area (Å²) < 4.78 is 5.32. The third kappa shape index (κ3) is 2.17. The summed E-state index contributed by atoms with van der Waals surface area (Å²) in [6.45, 7) is 2.06. The van der Waals surface area contributed by atoms with E-state index in [4.69, 9.17) is 10.3 Å². The highest BCUT2D eigenvalue weighted by atomic mass is 16.5. The summed E-state index contributed by atoms with van der Waals surface area (Å²) in [4.78, 5) is 15.8. The van der Waals surface area contributed by atoms with Crippen LogP contribution in [0.25, 0.3) is 10.4 Å². The molecule has 0 unspecified atom stereocenters. The lowest BCUT2D eigenvalue weighted by Gasteiger charge is -2.22. The van der Waals surface area contributed by atoms with Crippen LogP contribution in [0.3, 0.4) is 0 Å². The Hall–Kier alpha value is -2.78. The monoisotopic (exact) mass is 307 g/mol. The van der Waals surface area contributed by atoms with Crippen molar-refractivity contribution in [1.29, 1.82) is 0 Å². The summed E-state index contributed by atoms with van der Waals surface area (Å²) >= 11 is 0. The van der Waals surface area contributed by atoms with Crippen LogP contribution in [0.1, 0.15) is 24.5 Å². The third-order valence-electron chi connectivity index (χ3n) is 4.46. The summed E-state index contributed by atoms with van der Waals surface area (Å²) in [5.74, 6) is -0.345. The number of azide groups is 1. The fraction of sp³-hybridized carbons (Fsp3) is 0.278. The minimum absolute atomic E-state index is 0.286. The Morgan fingerprint density at radius 3 is 2.22 bits per heavy atom.